The fraction of sp³-hybridized carbons (Fsp3) is 0.333. The molecule has 0 spiro atoms. The Hall–Kier alpha value is -1.89. The van der Waals surface area contributed by atoms with Gasteiger partial charge >= 0.3 is 6.09 Å². The van der Waals surface area contributed by atoms with E-state index in [4.69, 9.17) is 5.11 Å². The average Bonchev–Trinajstić information content (AvgIpc) is 2.91. The molecular weight excluding hydrogens is 316 g/mol. The molecule has 21 heavy (non-hydrogen) atoms. The predicted octanol–water partition coefficient (Wildman–Crippen LogP) is 0.599. The third kappa shape index (κ3) is 5.18. The molecule has 1 aromatic rings. The van der Waals surface area contributed by atoms with Crippen LogP contribution in [0.5, 0.6) is 0 Å². The number of hydrogen-bond donors (Lipinski definition) is 2. The number of carboxylic acid groups (broad SMARTS) is 1. The molecule has 1 amide bonds. The number of Topliss-reactive ketones (excluding diaryl/α,β-unsaturated/α-hetero) is 1. The summed E-state index contributed by atoms with van der Waals surface area (Å²) in [6, 6.07) is 3.01. The fourth-order valence-corrected chi connectivity index (χ4v) is 3.99. The highest BCUT2D eigenvalue weighted by Gasteiger charge is 2.26. The van der Waals surface area contributed by atoms with Gasteiger partial charge in [0, 0.05) is 13.1 Å². The summed E-state index contributed by atoms with van der Waals surface area (Å²) in [6.45, 7) is 0.792. The molecule has 0 aromatic carbocycles. The molecule has 0 aliphatic rings. The van der Waals surface area contributed by atoms with Gasteiger partial charge in [-0.2, -0.15) is 4.31 Å². The highest BCUT2D eigenvalue weighted by molar-refractivity contribution is 7.91. The lowest BCUT2D eigenvalue weighted by Crippen LogP contribution is -2.40. The Morgan fingerprint density at radius 2 is 2.19 bits per heavy atom. The van der Waals surface area contributed by atoms with Gasteiger partial charge in [0.25, 0.3) is 10.0 Å². The normalized spacial score (nSPS) is 10.8. The maximum absolute atomic E-state index is 12.4. The van der Waals surface area contributed by atoms with Crippen LogP contribution in [-0.2, 0) is 14.8 Å². The van der Waals surface area contributed by atoms with Gasteiger partial charge in [-0.05, 0) is 24.3 Å². The van der Waals surface area contributed by atoms with E-state index in [2.05, 4.69) is 17.2 Å². The first-order chi connectivity index (χ1) is 9.87. The summed E-state index contributed by atoms with van der Waals surface area (Å²) in [4.78, 5) is 22.0. The number of nitrogens with one attached hydrogen (secondary N) is 1. The van der Waals surface area contributed by atoms with Gasteiger partial charge in [-0.1, -0.05) is 12.0 Å². The van der Waals surface area contributed by atoms with Crippen LogP contribution >= 0.6 is 11.3 Å². The summed E-state index contributed by atoms with van der Waals surface area (Å²) >= 11 is 1.02. The Balaban J connectivity index is 2.91. The first-order valence-electron chi connectivity index (χ1n) is 5.84. The Bertz CT molecular complexity index is 656. The van der Waals surface area contributed by atoms with Gasteiger partial charge in [-0.3, -0.25) is 4.79 Å². The Kier molecular flexibility index (Phi) is 6.36. The van der Waals surface area contributed by atoms with Gasteiger partial charge in [0.15, 0.2) is 0 Å². The minimum absolute atomic E-state index is 0.0927. The summed E-state index contributed by atoms with van der Waals surface area (Å²) in [5, 5.41) is 12.2. The molecule has 1 heterocycles. The second-order valence-electron chi connectivity index (χ2n) is 3.80. The molecule has 0 saturated heterocycles. The minimum Gasteiger partial charge on any atom is -0.465 e. The summed E-state index contributed by atoms with van der Waals surface area (Å²) in [5.74, 6) is 4.12. The fourth-order valence-electron chi connectivity index (χ4n) is 1.45. The van der Waals surface area contributed by atoms with E-state index in [1.807, 2.05) is 0 Å². The molecule has 0 radical (unpaired) electrons. The standard InChI is InChI=1S/C12H14N2O5S2/c1-2-4-10(15)9-14(7-6-13-12(16)17)21(18,19)11-5-3-8-20-11/h3,5,8,13H,6-7,9H2,1H3,(H,16,17). The smallest absolute Gasteiger partial charge is 0.404 e. The van der Waals surface area contributed by atoms with Crippen molar-refractivity contribution in [3.63, 3.8) is 0 Å². The van der Waals surface area contributed by atoms with E-state index in [-0.39, 0.29) is 17.3 Å². The van der Waals surface area contributed by atoms with E-state index in [9.17, 15) is 18.0 Å². The number of thiophene rings is 1. The molecule has 0 aliphatic heterocycles. The highest BCUT2D eigenvalue weighted by Crippen LogP contribution is 2.20. The largest absolute Gasteiger partial charge is 0.465 e. The van der Waals surface area contributed by atoms with Crippen molar-refractivity contribution in [1.29, 1.82) is 0 Å². The van der Waals surface area contributed by atoms with Crippen LogP contribution in [0.3, 0.4) is 0 Å². The van der Waals surface area contributed by atoms with Crippen molar-refractivity contribution < 1.29 is 23.1 Å². The number of hydrogen-bond acceptors (Lipinski definition) is 5. The number of nitrogens with zero attached hydrogens (tertiary/aromatic N) is 1. The van der Waals surface area contributed by atoms with Gasteiger partial charge in [0.05, 0.1) is 6.54 Å². The molecule has 0 saturated carbocycles. The zero-order valence-corrected chi connectivity index (χ0v) is 12.8. The molecule has 7 nitrogen and oxygen atoms in total. The first kappa shape index (κ1) is 17.2. The maximum atomic E-state index is 12.4. The van der Waals surface area contributed by atoms with Crippen molar-refractivity contribution in [3.05, 3.63) is 17.5 Å². The first-order valence-corrected chi connectivity index (χ1v) is 8.16. The summed E-state index contributed by atoms with van der Waals surface area (Å²) < 4.78 is 25.8. The molecule has 0 fully saturated rings. The SMILES string of the molecule is CC#CC(=O)CN(CCNC(=O)O)S(=O)(=O)c1cccs1. The van der Waals surface area contributed by atoms with Crippen LogP contribution in [0, 0.1) is 11.8 Å². The topological polar surface area (TPSA) is 104 Å². The monoisotopic (exact) mass is 330 g/mol. The number of amides is 1. The number of carbonyl (C=O) groups excluding carboxylic acids is 1. The van der Waals surface area contributed by atoms with E-state index >= 15 is 0 Å². The van der Waals surface area contributed by atoms with Gasteiger partial charge in [0.2, 0.25) is 5.78 Å². The van der Waals surface area contributed by atoms with E-state index in [1.165, 1.54) is 13.0 Å². The average molecular weight is 330 g/mol. The van der Waals surface area contributed by atoms with Crippen LogP contribution in [0.15, 0.2) is 21.7 Å². The third-order valence-corrected chi connectivity index (χ3v) is 5.53. The van der Waals surface area contributed by atoms with Crippen molar-refractivity contribution in [2.24, 2.45) is 0 Å². The van der Waals surface area contributed by atoms with E-state index < -0.39 is 28.4 Å². The van der Waals surface area contributed by atoms with Crippen molar-refractivity contribution in [2.45, 2.75) is 11.1 Å². The van der Waals surface area contributed by atoms with Crippen LogP contribution in [0.25, 0.3) is 0 Å². The quantitative estimate of drug-likeness (QED) is 0.563. The number of carbonyl (C=O) groups is 2. The predicted molar refractivity (Wildman–Crippen MR) is 77.6 cm³/mol. The molecule has 0 unspecified atom stereocenters. The summed E-state index contributed by atoms with van der Waals surface area (Å²) in [6.07, 6.45) is -1.26. The van der Waals surface area contributed by atoms with E-state index in [0.717, 1.165) is 15.6 Å². The molecule has 0 atom stereocenters. The van der Waals surface area contributed by atoms with E-state index in [1.54, 1.807) is 11.4 Å². The zero-order valence-electron chi connectivity index (χ0n) is 11.2. The zero-order chi connectivity index (χ0) is 15.9. The third-order valence-electron chi connectivity index (χ3n) is 2.31. The van der Waals surface area contributed by atoms with E-state index in [0.29, 0.717) is 0 Å². The van der Waals surface area contributed by atoms with Crippen molar-refractivity contribution >= 4 is 33.2 Å². The van der Waals surface area contributed by atoms with Crippen molar-refractivity contribution in [3.8, 4) is 11.8 Å². The van der Waals surface area contributed by atoms with Crippen LogP contribution in [0.4, 0.5) is 4.79 Å². The van der Waals surface area contributed by atoms with Gasteiger partial charge in [0.1, 0.15) is 4.21 Å². The van der Waals surface area contributed by atoms with Crippen LogP contribution < -0.4 is 5.32 Å². The van der Waals surface area contributed by atoms with Crippen molar-refractivity contribution in [1.82, 2.24) is 9.62 Å². The van der Waals surface area contributed by atoms with Crippen LogP contribution in [-0.4, -0.2) is 49.3 Å². The Morgan fingerprint density at radius 3 is 2.71 bits per heavy atom. The van der Waals surface area contributed by atoms with Gasteiger partial charge < -0.3 is 10.4 Å². The number of ketones is 1. The molecule has 0 aliphatic carbocycles. The molecule has 2 N–H and O–H groups in total. The van der Waals surface area contributed by atoms with Gasteiger partial charge in [-0.25, -0.2) is 13.2 Å². The lowest BCUT2D eigenvalue weighted by atomic mass is 10.4. The molecule has 1 rings (SSSR count). The Labute approximate surface area is 126 Å². The van der Waals surface area contributed by atoms with Crippen LogP contribution in [0.2, 0.25) is 0 Å². The Morgan fingerprint density at radius 1 is 1.48 bits per heavy atom. The summed E-state index contributed by atoms with van der Waals surface area (Å²) in [7, 11) is -3.84. The minimum atomic E-state index is -3.84. The second kappa shape index (κ2) is 7.78. The molecule has 114 valence electrons. The number of rotatable bonds is 7. The molecular formula is C12H14N2O5S2. The van der Waals surface area contributed by atoms with Gasteiger partial charge in [-0.15, -0.1) is 11.3 Å². The molecule has 9 heteroatoms. The van der Waals surface area contributed by atoms with Crippen molar-refractivity contribution in [2.75, 3.05) is 19.6 Å². The number of sulfonamides is 1. The second-order valence-corrected chi connectivity index (χ2v) is 6.91. The lowest BCUT2D eigenvalue weighted by molar-refractivity contribution is -0.114. The molecule has 1 aromatic heterocycles. The lowest BCUT2D eigenvalue weighted by Gasteiger charge is -2.19. The molecule has 0 bridgehead atoms. The summed E-state index contributed by atoms with van der Waals surface area (Å²) in [5.41, 5.74) is 0. The maximum Gasteiger partial charge on any atom is 0.404 e. The highest BCUT2D eigenvalue weighted by atomic mass is 32.2. The van der Waals surface area contributed by atoms with Crippen LogP contribution in [0.1, 0.15) is 6.92 Å².